The Labute approximate surface area is 507 Å². The SMILES string of the molecule is CC/C=C\C/C=C\C/C=C\C/C=C\C/C=C\C/C=C\C/C=C\CCCC(=O)OCC(COC(=O)CC/C=C\C/C=C\C/C=C\C/C=C\C/C=C\C/C=C\CC)OC(=O)CCCCCC/C=C\C/C=C\C/C=C\C/C=C\C/C=C\C/C=C\CC. The monoisotopic (exact) mass is 1130 g/mol. The number of carbonyl (C=O) groups is 3. The van der Waals surface area contributed by atoms with E-state index in [2.05, 4.69) is 240 Å². The number of allylic oxidation sites excluding steroid dienone is 38. The van der Waals surface area contributed by atoms with Gasteiger partial charge in [0.05, 0.1) is 0 Å². The molecular formula is C77H112O6. The zero-order chi connectivity index (χ0) is 59.9. The minimum atomic E-state index is -0.865. The van der Waals surface area contributed by atoms with Crippen LogP contribution in [0, 0.1) is 0 Å². The highest BCUT2D eigenvalue weighted by atomic mass is 16.6. The number of carbonyl (C=O) groups excluding carboxylic acids is 3. The van der Waals surface area contributed by atoms with Gasteiger partial charge in [0, 0.05) is 19.3 Å². The zero-order valence-corrected chi connectivity index (χ0v) is 52.1. The van der Waals surface area contributed by atoms with E-state index in [0.29, 0.717) is 19.3 Å². The van der Waals surface area contributed by atoms with Gasteiger partial charge in [-0.3, -0.25) is 14.4 Å². The molecule has 1 atom stereocenters. The summed E-state index contributed by atoms with van der Waals surface area (Å²) in [4.78, 5) is 38.3. The molecule has 0 bridgehead atoms. The van der Waals surface area contributed by atoms with Gasteiger partial charge in [-0.1, -0.05) is 265 Å². The fraction of sp³-hybridized carbons (Fsp3) is 0.468. The largest absolute Gasteiger partial charge is 0.462 e. The molecule has 6 nitrogen and oxygen atoms in total. The number of ether oxygens (including phenoxy) is 3. The lowest BCUT2D eigenvalue weighted by molar-refractivity contribution is -0.166. The molecule has 0 amide bonds. The molecule has 0 saturated heterocycles. The molecule has 0 aromatic carbocycles. The molecule has 0 aromatic rings. The molecule has 83 heavy (non-hydrogen) atoms. The smallest absolute Gasteiger partial charge is 0.306 e. The van der Waals surface area contributed by atoms with Crippen LogP contribution in [0.4, 0.5) is 0 Å². The van der Waals surface area contributed by atoms with Crippen molar-refractivity contribution in [1.82, 2.24) is 0 Å². The summed E-state index contributed by atoms with van der Waals surface area (Å²) in [6, 6.07) is 0. The van der Waals surface area contributed by atoms with E-state index in [0.717, 1.165) is 154 Å². The van der Waals surface area contributed by atoms with Crippen molar-refractivity contribution in [3.05, 3.63) is 231 Å². The van der Waals surface area contributed by atoms with Crippen molar-refractivity contribution in [3.8, 4) is 0 Å². The van der Waals surface area contributed by atoms with Gasteiger partial charge >= 0.3 is 17.9 Å². The van der Waals surface area contributed by atoms with Gasteiger partial charge in [-0.2, -0.15) is 0 Å². The third kappa shape index (κ3) is 66.2. The van der Waals surface area contributed by atoms with Crippen LogP contribution in [0.25, 0.3) is 0 Å². The lowest BCUT2D eigenvalue weighted by atomic mass is 10.1. The molecular weight excluding hydrogens is 1020 g/mol. The molecule has 0 aliphatic rings. The highest BCUT2D eigenvalue weighted by Gasteiger charge is 2.19. The van der Waals surface area contributed by atoms with E-state index in [1.807, 2.05) is 12.2 Å². The van der Waals surface area contributed by atoms with Gasteiger partial charge in [0.25, 0.3) is 0 Å². The normalized spacial score (nSPS) is 13.7. The van der Waals surface area contributed by atoms with E-state index in [4.69, 9.17) is 14.2 Å². The van der Waals surface area contributed by atoms with Crippen LogP contribution >= 0.6 is 0 Å². The number of unbranched alkanes of at least 4 members (excludes halogenated alkanes) is 5. The first kappa shape index (κ1) is 76.5. The number of esters is 3. The molecule has 0 heterocycles. The summed E-state index contributed by atoms with van der Waals surface area (Å²) in [7, 11) is 0. The van der Waals surface area contributed by atoms with Crippen LogP contribution in [0.3, 0.4) is 0 Å². The molecule has 0 aliphatic heterocycles. The van der Waals surface area contributed by atoms with Crippen LogP contribution in [-0.4, -0.2) is 37.2 Å². The van der Waals surface area contributed by atoms with Gasteiger partial charge < -0.3 is 14.2 Å². The average molecular weight is 1130 g/mol. The highest BCUT2D eigenvalue weighted by molar-refractivity contribution is 5.71. The van der Waals surface area contributed by atoms with Gasteiger partial charge in [-0.25, -0.2) is 0 Å². The summed E-state index contributed by atoms with van der Waals surface area (Å²) < 4.78 is 16.8. The Balaban J connectivity index is 4.71. The van der Waals surface area contributed by atoms with Gasteiger partial charge in [0.1, 0.15) is 13.2 Å². The highest BCUT2D eigenvalue weighted by Crippen LogP contribution is 2.11. The Kier molecular flexibility index (Phi) is 62.6. The van der Waals surface area contributed by atoms with Crippen molar-refractivity contribution in [2.75, 3.05) is 13.2 Å². The summed E-state index contributed by atoms with van der Waals surface area (Å²) in [6.45, 7) is 6.14. The second-order valence-electron chi connectivity index (χ2n) is 19.8. The maximum absolute atomic E-state index is 12.9. The van der Waals surface area contributed by atoms with Gasteiger partial charge in [-0.15, -0.1) is 0 Å². The molecule has 0 saturated carbocycles. The van der Waals surface area contributed by atoms with E-state index in [-0.39, 0.29) is 50.4 Å². The predicted molar refractivity (Wildman–Crippen MR) is 361 cm³/mol. The first-order chi connectivity index (χ1) is 41.0. The fourth-order valence-electron chi connectivity index (χ4n) is 7.52. The molecule has 1 unspecified atom stereocenters. The third-order valence-electron chi connectivity index (χ3n) is 12.2. The second kappa shape index (κ2) is 68.0. The Morgan fingerprint density at radius 1 is 0.241 bits per heavy atom. The summed E-state index contributed by atoms with van der Waals surface area (Å²) in [5.41, 5.74) is 0. The van der Waals surface area contributed by atoms with E-state index in [1.54, 1.807) is 0 Å². The van der Waals surface area contributed by atoms with E-state index >= 15 is 0 Å². The molecule has 0 fully saturated rings. The van der Waals surface area contributed by atoms with Crippen molar-refractivity contribution < 1.29 is 28.6 Å². The maximum atomic E-state index is 12.9. The standard InChI is InChI=1S/C77H112O6/c1-4-7-10-13-16-19-22-25-28-31-34-36-38-40-43-46-49-52-55-58-61-64-67-70-76(79)82-73-74(72-81-75(78)69-66-63-60-57-54-51-48-45-42-33-30-27-24-21-18-15-12-9-6-3)83-77(80)71-68-65-62-59-56-53-50-47-44-41-39-37-35-32-29-26-23-20-17-14-11-8-5-2/h7-12,16-21,25-30,34-37,40-45,49-54,58,60-61,63,74H,4-6,13-15,22-24,31-33,38-39,46-48,55-57,59,62,64-73H2,1-3H3/b10-7-,11-8-,12-9-,19-16-,20-17-,21-18-,28-25-,29-26-,30-27-,36-34-,37-35-,43-40-,44-41-,45-42-,52-49-,53-50-,54-51-,61-58-,63-60-. The molecule has 0 N–H and O–H groups in total. The lowest BCUT2D eigenvalue weighted by Crippen LogP contribution is -2.30. The zero-order valence-electron chi connectivity index (χ0n) is 52.1. The fourth-order valence-corrected chi connectivity index (χ4v) is 7.52. The van der Waals surface area contributed by atoms with Crippen LogP contribution in [0.1, 0.15) is 213 Å². The molecule has 0 aliphatic carbocycles. The summed E-state index contributed by atoms with van der Waals surface area (Å²) >= 11 is 0. The van der Waals surface area contributed by atoms with Crippen LogP contribution in [-0.2, 0) is 28.6 Å². The van der Waals surface area contributed by atoms with Crippen molar-refractivity contribution in [1.29, 1.82) is 0 Å². The predicted octanol–water partition coefficient (Wildman–Crippen LogP) is 22.3. The topological polar surface area (TPSA) is 78.9 Å². The van der Waals surface area contributed by atoms with Crippen LogP contribution in [0.5, 0.6) is 0 Å². The van der Waals surface area contributed by atoms with E-state index in [1.165, 1.54) is 0 Å². The van der Waals surface area contributed by atoms with Crippen molar-refractivity contribution >= 4 is 17.9 Å². The maximum Gasteiger partial charge on any atom is 0.306 e. The first-order valence-electron chi connectivity index (χ1n) is 31.9. The Morgan fingerprint density at radius 3 is 0.771 bits per heavy atom. The molecule has 0 rings (SSSR count). The second-order valence-corrected chi connectivity index (χ2v) is 19.8. The molecule has 456 valence electrons. The number of hydrogen-bond acceptors (Lipinski definition) is 6. The van der Waals surface area contributed by atoms with E-state index in [9.17, 15) is 14.4 Å². The minimum Gasteiger partial charge on any atom is -0.462 e. The Bertz CT molecular complexity index is 2130. The van der Waals surface area contributed by atoms with E-state index < -0.39 is 6.10 Å². The van der Waals surface area contributed by atoms with Gasteiger partial charge in [0.15, 0.2) is 6.10 Å². The average Bonchev–Trinajstić information content (AvgIpc) is 3.49. The number of rotatable bonds is 54. The first-order valence-corrected chi connectivity index (χ1v) is 31.9. The molecule has 0 radical (unpaired) electrons. The van der Waals surface area contributed by atoms with Crippen LogP contribution in [0.15, 0.2) is 231 Å². The third-order valence-corrected chi connectivity index (χ3v) is 12.2. The molecule has 0 aromatic heterocycles. The molecule has 0 spiro atoms. The molecule has 6 heteroatoms. The van der Waals surface area contributed by atoms with Crippen LogP contribution in [0.2, 0.25) is 0 Å². The minimum absolute atomic E-state index is 0.157. The number of hydrogen-bond donors (Lipinski definition) is 0. The lowest BCUT2D eigenvalue weighted by Gasteiger charge is -2.18. The van der Waals surface area contributed by atoms with Gasteiger partial charge in [0.2, 0.25) is 0 Å². The quantitative estimate of drug-likeness (QED) is 0.0261. The Hall–Kier alpha value is -6.53. The van der Waals surface area contributed by atoms with Crippen LogP contribution < -0.4 is 0 Å². The van der Waals surface area contributed by atoms with Crippen molar-refractivity contribution in [2.24, 2.45) is 0 Å². The Morgan fingerprint density at radius 2 is 0.470 bits per heavy atom. The van der Waals surface area contributed by atoms with Crippen molar-refractivity contribution in [2.45, 2.75) is 219 Å². The summed E-state index contributed by atoms with van der Waals surface area (Å²) in [6.07, 6.45) is 108. The van der Waals surface area contributed by atoms with Gasteiger partial charge in [-0.05, 0) is 161 Å². The summed E-state index contributed by atoms with van der Waals surface area (Å²) in [5.74, 6) is -1.14. The van der Waals surface area contributed by atoms with Crippen molar-refractivity contribution in [3.63, 3.8) is 0 Å². The summed E-state index contributed by atoms with van der Waals surface area (Å²) in [5, 5.41) is 0.